The monoisotopic (exact) mass is 550 g/mol. The third kappa shape index (κ3) is 5.53. The van der Waals surface area contributed by atoms with Crippen LogP contribution in [0.15, 0.2) is 97.1 Å². The molecule has 0 aliphatic heterocycles. The Morgan fingerprint density at radius 1 is 0.576 bits per heavy atom. The predicted molar refractivity (Wildman–Crippen MR) is 144 cm³/mol. The van der Waals surface area contributed by atoms with E-state index in [-0.39, 0.29) is 7.25 Å². The van der Waals surface area contributed by atoms with Crippen molar-refractivity contribution in [3.05, 3.63) is 97.1 Å². The average molecular weight is 552 g/mol. The van der Waals surface area contributed by atoms with Gasteiger partial charge in [0.05, 0.1) is 0 Å². The van der Waals surface area contributed by atoms with Crippen molar-refractivity contribution in [2.45, 2.75) is 46.5 Å². The van der Waals surface area contributed by atoms with Crippen molar-refractivity contribution in [2.75, 3.05) is 0 Å². The van der Waals surface area contributed by atoms with Crippen molar-refractivity contribution >= 4 is 26.5 Å². The van der Waals surface area contributed by atoms with E-state index in [1.807, 2.05) is 0 Å². The number of rotatable bonds is 8. The summed E-state index contributed by atoms with van der Waals surface area (Å²) in [6, 6.07) is 17.6. The number of hydrogen-bond donors (Lipinski definition) is 0. The minimum atomic E-state index is -3.90. The summed E-state index contributed by atoms with van der Waals surface area (Å²) in [7, 11) is -2.91. The summed E-state index contributed by atoms with van der Waals surface area (Å²) in [5, 5.41) is 2.83. The van der Waals surface area contributed by atoms with E-state index in [9.17, 15) is 0 Å². The minimum absolute atomic E-state index is 0.197. The van der Waals surface area contributed by atoms with Crippen LogP contribution in [0.25, 0.3) is 0 Å². The van der Waals surface area contributed by atoms with Crippen LogP contribution in [0.4, 0.5) is 0 Å². The van der Waals surface area contributed by atoms with Gasteiger partial charge in [-0.05, 0) is 0 Å². The van der Waals surface area contributed by atoms with Crippen molar-refractivity contribution in [2.24, 2.45) is 0 Å². The SMILES string of the molecule is C[Si](C)(C)c1cccc([O][Zr]([O]c2cccc([Si](C)(C)C)c2)([CH]2C=CC=C2)[CH]2C=CC=C2)c1. The summed E-state index contributed by atoms with van der Waals surface area (Å²) in [4.78, 5) is 0. The molecule has 2 nitrogen and oxygen atoms in total. The average Bonchev–Trinajstić information content (AvgIpc) is 3.47. The molecule has 0 saturated carbocycles. The second-order valence-corrected chi connectivity index (χ2v) is 29.1. The predicted octanol–water partition coefficient (Wildman–Crippen LogP) is 7.05. The van der Waals surface area contributed by atoms with E-state index < -0.39 is 37.3 Å². The van der Waals surface area contributed by atoms with Gasteiger partial charge in [-0.3, -0.25) is 0 Å². The molecule has 0 spiro atoms. The molecule has 0 fully saturated rings. The molecule has 2 aliphatic rings. The molecule has 0 N–H and O–H groups in total. The molecule has 33 heavy (non-hydrogen) atoms. The first-order chi connectivity index (χ1) is 15.6. The molecule has 4 rings (SSSR count). The van der Waals surface area contributed by atoms with Gasteiger partial charge in [0.1, 0.15) is 0 Å². The van der Waals surface area contributed by atoms with Gasteiger partial charge in [-0.2, -0.15) is 0 Å². The summed E-state index contributed by atoms with van der Waals surface area (Å²) in [6.07, 6.45) is 17.7. The molecule has 172 valence electrons. The molecule has 0 atom stereocenters. The van der Waals surface area contributed by atoms with Gasteiger partial charge in [-0.15, -0.1) is 0 Å². The molecule has 0 saturated heterocycles. The molecule has 2 aliphatic carbocycles. The quantitative estimate of drug-likeness (QED) is 0.327. The maximum atomic E-state index is 7.15. The molecular formula is C28H36O2Si2Zr. The van der Waals surface area contributed by atoms with Gasteiger partial charge in [0, 0.05) is 0 Å². The van der Waals surface area contributed by atoms with Gasteiger partial charge in [-0.1, -0.05) is 0 Å². The number of allylic oxidation sites excluding steroid dienone is 8. The van der Waals surface area contributed by atoms with Gasteiger partial charge in [0.25, 0.3) is 0 Å². The van der Waals surface area contributed by atoms with Gasteiger partial charge in [-0.25, -0.2) is 0 Å². The Morgan fingerprint density at radius 3 is 1.27 bits per heavy atom. The fourth-order valence-corrected chi connectivity index (χ4v) is 15.4. The van der Waals surface area contributed by atoms with E-state index in [0.29, 0.717) is 0 Å². The van der Waals surface area contributed by atoms with Gasteiger partial charge in [0.2, 0.25) is 0 Å². The topological polar surface area (TPSA) is 18.5 Å². The zero-order valence-corrected chi connectivity index (χ0v) is 25.2. The van der Waals surface area contributed by atoms with E-state index in [0.717, 1.165) is 11.5 Å². The van der Waals surface area contributed by atoms with Crippen molar-refractivity contribution in [3.8, 4) is 11.5 Å². The van der Waals surface area contributed by atoms with Crippen molar-refractivity contribution in [3.63, 3.8) is 0 Å². The summed E-state index contributed by atoms with van der Waals surface area (Å²) in [5.41, 5.74) is 0. The number of hydrogen-bond acceptors (Lipinski definition) is 2. The first-order valence-electron chi connectivity index (χ1n) is 11.9. The first-order valence-corrected chi connectivity index (χ1v) is 23.7. The third-order valence-corrected chi connectivity index (χ3v) is 19.7. The van der Waals surface area contributed by atoms with Crippen LogP contribution in [0.3, 0.4) is 0 Å². The molecule has 0 heterocycles. The van der Waals surface area contributed by atoms with E-state index in [2.05, 4.69) is 136 Å². The van der Waals surface area contributed by atoms with Gasteiger partial charge < -0.3 is 0 Å². The van der Waals surface area contributed by atoms with Gasteiger partial charge >= 0.3 is 208 Å². The second kappa shape index (κ2) is 9.52. The molecule has 0 amide bonds. The van der Waals surface area contributed by atoms with Crippen LogP contribution in [-0.4, -0.2) is 16.1 Å². The van der Waals surface area contributed by atoms with Crippen LogP contribution in [0.1, 0.15) is 0 Å². The Balaban J connectivity index is 1.80. The van der Waals surface area contributed by atoms with Crippen molar-refractivity contribution < 1.29 is 26.8 Å². The first kappa shape index (κ1) is 24.4. The zero-order chi connectivity index (χ0) is 23.7. The Kier molecular flexibility index (Phi) is 7.05. The Morgan fingerprint density at radius 2 is 0.939 bits per heavy atom. The van der Waals surface area contributed by atoms with E-state index in [1.165, 1.54) is 10.4 Å². The summed E-state index contributed by atoms with van der Waals surface area (Å²) < 4.78 is 14.7. The van der Waals surface area contributed by atoms with Crippen LogP contribution in [0.2, 0.25) is 46.5 Å². The summed E-state index contributed by atoms with van der Waals surface area (Å²) in [6.45, 7) is 14.3. The van der Waals surface area contributed by atoms with Crippen LogP contribution >= 0.6 is 0 Å². The molecule has 0 bridgehead atoms. The summed E-state index contributed by atoms with van der Waals surface area (Å²) in [5.74, 6) is 1.91. The van der Waals surface area contributed by atoms with Crippen LogP contribution in [0.5, 0.6) is 11.5 Å². The van der Waals surface area contributed by atoms with Crippen LogP contribution in [0, 0.1) is 0 Å². The molecule has 0 unspecified atom stereocenters. The molecule has 0 aromatic heterocycles. The third-order valence-electron chi connectivity index (χ3n) is 6.38. The number of benzene rings is 2. The van der Waals surface area contributed by atoms with E-state index in [4.69, 9.17) is 5.63 Å². The molecule has 5 heteroatoms. The Labute approximate surface area is 207 Å². The Hall–Kier alpha value is -1.68. The fourth-order valence-electron chi connectivity index (χ4n) is 4.34. The van der Waals surface area contributed by atoms with E-state index in [1.54, 1.807) is 0 Å². The van der Waals surface area contributed by atoms with Crippen molar-refractivity contribution in [1.29, 1.82) is 0 Å². The van der Waals surface area contributed by atoms with E-state index >= 15 is 0 Å². The van der Waals surface area contributed by atoms with Crippen molar-refractivity contribution in [1.82, 2.24) is 0 Å². The molecule has 0 radical (unpaired) electrons. The summed E-state index contributed by atoms with van der Waals surface area (Å²) >= 11 is -3.90. The fraction of sp³-hybridized carbons (Fsp3) is 0.286. The molecule has 2 aromatic carbocycles. The molecule has 2 aromatic rings. The van der Waals surface area contributed by atoms with Crippen LogP contribution in [-0.2, 0) is 21.1 Å². The molecular weight excluding hydrogens is 516 g/mol. The van der Waals surface area contributed by atoms with Crippen LogP contribution < -0.4 is 16.0 Å². The zero-order valence-electron chi connectivity index (χ0n) is 20.7. The standard InChI is InChI=1S/2C9H14OSi.2C5H5.Zr/c2*1-11(2,3)9-6-4-5-8(10)7-9;2*1-2-4-5-3-1;/h2*4-7,10H,1-3H3;2*1-5H;/q;;;;+2/p-2. The van der Waals surface area contributed by atoms with Gasteiger partial charge in [0.15, 0.2) is 0 Å². The normalized spacial score (nSPS) is 16.7. The maximum absolute atomic E-state index is 7.15. The Bertz CT molecular complexity index is 1010. The second-order valence-electron chi connectivity index (χ2n) is 11.1.